The average molecular weight is 398 g/mol. The van der Waals surface area contributed by atoms with Gasteiger partial charge in [0.15, 0.2) is 6.61 Å². The van der Waals surface area contributed by atoms with Crippen molar-refractivity contribution in [3.8, 4) is 5.69 Å². The molecule has 1 fully saturated rings. The molecule has 2 aromatic rings. The summed E-state index contributed by atoms with van der Waals surface area (Å²) in [6, 6.07) is 9.75. The minimum atomic E-state index is -0.343. The van der Waals surface area contributed by atoms with E-state index in [4.69, 9.17) is 4.74 Å². The van der Waals surface area contributed by atoms with Gasteiger partial charge in [-0.1, -0.05) is 50.3 Å². The molecule has 0 unspecified atom stereocenters. The van der Waals surface area contributed by atoms with Crippen molar-refractivity contribution in [2.75, 3.05) is 11.9 Å². The summed E-state index contributed by atoms with van der Waals surface area (Å²) in [5, 5.41) is 7.34. The van der Waals surface area contributed by atoms with Gasteiger partial charge >= 0.3 is 5.97 Å². The van der Waals surface area contributed by atoms with Gasteiger partial charge in [0.2, 0.25) is 0 Å². The fraction of sp³-hybridized carbons (Fsp3) is 0.522. The maximum atomic E-state index is 12.3. The van der Waals surface area contributed by atoms with Gasteiger partial charge in [-0.25, -0.2) is 4.68 Å². The first kappa shape index (κ1) is 21.1. The zero-order valence-electron chi connectivity index (χ0n) is 17.4. The van der Waals surface area contributed by atoms with Crippen molar-refractivity contribution < 1.29 is 14.3 Å². The quantitative estimate of drug-likeness (QED) is 0.654. The van der Waals surface area contributed by atoms with Crippen molar-refractivity contribution in [3.63, 3.8) is 0 Å². The molecule has 3 rings (SSSR count). The van der Waals surface area contributed by atoms with Crippen molar-refractivity contribution >= 4 is 17.6 Å². The second kappa shape index (κ2) is 10.2. The van der Waals surface area contributed by atoms with E-state index in [0.717, 1.165) is 35.8 Å². The van der Waals surface area contributed by atoms with Gasteiger partial charge in [0.05, 0.1) is 22.8 Å². The van der Waals surface area contributed by atoms with E-state index in [1.165, 1.54) is 32.1 Å². The van der Waals surface area contributed by atoms with Crippen LogP contribution in [-0.2, 0) is 14.3 Å². The topological polar surface area (TPSA) is 73.2 Å². The van der Waals surface area contributed by atoms with Crippen molar-refractivity contribution in [2.24, 2.45) is 5.92 Å². The number of benzene rings is 1. The molecule has 1 aliphatic carbocycles. The van der Waals surface area contributed by atoms with Crippen LogP contribution in [0.15, 0.2) is 30.3 Å². The zero-order valence-corrected chi connectivity index (χ0v) is 17.4. The second-order valence-electron chi connectivity index (χ2n) is 7.90. The number of aromatic nitrogens is 2. The van der Waals surface area contributed by atoms with Crippen LogP contribution in [0.2, 0.25) is 0 Å². The predicted molar refractivity (Wildman–Crippen MR) is 113 cm³/mol. The molecular weight excluding hydrogens is 366 g/mol. The molecule has 6 nitrogen and oxygen atoms in total. The molecule has 0 radical (unpaired) electrons. The van der Waals surface area contributed by atoms with Crippen LogP contribution in [0.5, 0.6) is 0 Å². The molecule has 0 bridgehead atoms. The van der Waals surface area contributed by atoms with E-state index in [0.29, 0.717) is 12.1 Å². The van der Waals surface area contributed by atoms with Crippen LogP contribution in [0.25, 0.3) is 5.69 Å². The van der Waals surface area contributed by atoms with Crippen LogP contribution in [-0.4, -0.2) is 28.3 Å². The molecule has 6 heteroatoms. The number of nitrogens with zero attached hydrogens (tertiary/aromatic N) is 2. The van der Waals surface area contributed by atoms with E-state index in [1.54, 1.807) is 4.68 Å². The van der Waals surface area contributed by atoms with Crippen molar-refractivity contribution in [1.29, 1.82) is 0 Å². The van der Waals surface area contributed by atoms with Crippen LogP contribution in [0.4, 0.5) is 5.69 Å². The Balaban J connectivity index is 1.44. The van der Waals surface area contributed by atoms with Crippen molar-refractivity contribution in [2.45, 2.75) is 65.2 Å². The Bertz CT molecular complexity index is 823. The number of aryl methyl sites for hydroxylation is 1. The van der Waals surface area contributed by atoms with E-state index >= 15 is 0 Å². The average Bonchev–Trinajstić information content (AvgIpc) is 3.02. The number of para-hydroxylation sites is 1. The number of nitrogens with one attached hydrogen (secondary N) is 1. The zero-order chi connectivity index (χ0) is 20.6. The maximum absolute atomic E-state index is 12.3. The minimum Gasteiger partial charge on any atom is -0.456 e. The number of carbonyl (C=O) groups is 2. The first-order chi connectivity index (χ1) is 14.0. The Morgan fingerprint density at radius 1 is 1.14 bits per heavy atom. The van der Waals surface area contributed by atoms with Crippen LogP contribution < -0.4 is 5.32 Å². The summed E-state index contributed by atoms with van der Waals surface area (Å²) in [4.78, 5) is 24.2. The lowest BCUT2D eigenvalue weighted by Crippen LogP contribution is -2.21. The highest BCUT2D eigenvalue weighted by Gasteiger charge is 2.17. The summed E-state index contributed by atoms with van der Waals surface area (Å²) in [5.41, 5.74) is 3.14. The van der Waals surface area contributed by atoms with E-state index in [9.17, 15) is 9.59 Å². The predicted octanol–water partition coefficient (Wildman–Crippen LogP) is 4.72. The lowest BCUT2D eigenvalue weighted by molar-refractivity contribution is -0.147. The largest absolute Gasteiger partial charge is 0.456 e. The molecular formula is C23H31N3O3. The number of esters is 1. The van der Waals surface area contributed by atoms with Gasteiger partial charge in [-0.15, -0.1) is 0 Å². The van der Waals surface area contributed by atoms with Gasteiger partial charge in [0.1, 0.15) is 0 Å². The Kier molecular flexibility index (Phi) is 7.44. The number of hydrogen-bond donors (Lipinski definition) is 1. The van der Waals surface area contributed by atoms with Gasteiger partial charge < -0.3 is 10.1 Å². The molecule has 0 spiro atoms. The van der Waals surface area contributed by atoms with E-state index in [2.05, 4.69) is 10.4 Å². The molecule has 156 valence electrons. The molecule has 1 N–H and O–H groups in total. The third kappa shape index (κ3) is 5.92. The highest BCUT2D eigenvalue weighted by Crippen LogP contribution is 2.27. The summed E-state index contributed by atoms with van der Waals surface area (Å²) in [5.74, 6) is 0.112. The molecule has 1 aromatic carbocycles. The maximum Gasteiger partial charge on any atom is 0.306 e. The fourth-order valence-corrected chi connectivity index (χ4v) is 4.05. The normalized spacial score (nSPS) is 14.6. The number of anilines is 1. The van der Waals surface area contributed by atoms with Gasteiger partial charge in [0, 0.05) is 6.42 Å². The molecule has 1 amide bonds. The van der Waals surface area contributed by atoms with Crippen molar-refractivity contribution in [1.82, 2.24) is 9.78 Å². The fourth-order valence-electron chi connectivity index (χ4n) is 4.05. The SMILES string of the molecule is Cc1nn(-c2ccccc2)c(C)c1NC(=O)COC(=O)CCCC1CCCCC1. The smallest absolute Gasteiger partial charge is 0.306 e. The van der Waals surface area contributed by atoms with Crippen LogP contribution in [0, 0.1) is 19.8 Å². The monoisotopic (exact) mass is 397 g/mol. The minimum absolute atomic E-state index is 0.266. The Morgan fingerprint density at radius 2 is 1.86 bits per heavy atom. The lowest BCUT2D eigenvalue weighted by atomic mass is 9.86. The number of hydrogen-bond acceptors (Lipinski definition) is 4. The molecule has 1 aliphatic rings. The standard InChI is InChI=1S/C23H31N3O3/c1-17-23(18(2)26(25-17)20-13-7-4-8-14-20)24-21(27)16-29-22(28)15-9-12-19-10-5-3-6-11-19/h4,7-8,13-14,19H,3,5-6,9-12,15-16H2,1-2H3,(H,24,27). The summed E-state index contributed by atoms with van der Waals surface area (Å²) < 4.78 is 6.95. The first-order valence-corrected chi connectivity index (χ1v) is 10.6. The summed E-state index contributed by atoms with van der Waals surface area (Å²) >= 11 is 0. The third-order valence-electron chi connectivity index (χ3n) is 5.64. The number of carbonyl (C=O) groups excluding carboxylic acids is 2. The lowest BCUT2D eigenvalue weighted by Gasteiger charge is -2.20. The summed E-state index contributed by atoms with van der Waals surface area (Å²) in [6.07, 6.45) is 8.85. The third-order valence-corrected chi connectivity index (χ3v) is 5.64. The van der Waals surface area contributed by atoms with Gasteiger partial charge in [0.25, 0.3) is 5.91 Å². The van der Waals surface area contributed by atoms with Gasteiger partial charge in [-0.05, 0) is 44.7 Å². The van der Waals surface area contributed by atoms with E-state index in [-0.39, 0.29) is 18.5 Å². The van der Waals surface area contributed by atoms with Gasteiger partial charge in [-0.3, -0.25) is 9.59 Å². The Hall–Kier alpha value is -2.63. The van der Waals surface area contributed by atoms with Crippen LogP contribution in [0.3, 0.4) is 0 Å². The number of amides is 1. The summed E-state index contributed by atoms with van der Waals surface area (Å²) in [6.45, 7) is 3.48. The Morgan fingerprint density at radius 3 is 2.59 bits per heavy atom. The van der Waals surface area contributed by atoms with Crippen LogP contribution >= 0.6 is 0 Å². The molecule has 0 atom stereocenters. The first-order valence-electron chi connectivity index (χ1n) is 10.6. The molecule has 29 heavy (non-hydrogen) atoms. The van der Waals surface area contributed by atoms with E-state index in [1.807, 2.05) is 44.2 Å². The highest BCUT2D eigenvalue weighted by molar-refractivity contribution is 5.93. The molecule has 1 heterocycles. The summed E-state index contributed by atoms with van der Waals surface area (Å²) in [7, 11) is 0. The Labute approximate surface area is 172 Å². The molecule has 1 saturated carbocycles. The molecule has 0 aliphatic heterocycles. The van der Waals surface area contributed by atoms with Crippen LogP contribution in [0.1, 0.15) is 62.8 Å². The highest BCUT2D eigenvalue weighted by atomic mass is 16.5. The number of rotatable bonds is 8. The number of ether oxygens (including phenoxy) is 1. The second-order valence-corrected chi connectivity index (χ2v) is 7.90. The van der Waals surface area contributed by atoms with Gasteiger partial charge in [-0.2, -0.15) is 5.10 Å². The van der Waals surface area contributed by atoms with E-state index < -0.39 is 0 Å². The van der Waals surface area contributed by atoms with Crippen molar-refractivity contribution in [3.05, 3.63) is 41.7 Å². The molecule has 0 saturated heterocycles. The molecule has 1 aromatic heterocycles.